The Morgan fingerprint density at radius 1 is 1.32 bits per heavy atom. The van der Waals surface area contributed by atoms with Crippen molar-refractivity contribution < 1.29 is 24.2 Å². The van der Waals surface area contributed by atoms with E-state index in [2.05, 4.69) is 4.74 Å². The number of carbonyl (C=O) groups excluding carboxylic acids is 2. The van der Waals surface area contributed by atoms with E-state index in [1.54, 1.807) is 0 Å². The summed E-state index contributed by atoms with van der Waals surface area (Å²) in [4.78, 5) is 23.2. The zero-order valence-electron chi connectivity index (χ0n) is 10.9. The highest BCUT2D eigenvalue weighted by Crippen LogP contribution is 2.32. The van der Waals surface area contributed by atoms with Gasteiger partial charge in [0.2, 0.25) is 0 Å². The molecule has 0 atom stereocenters. The average Bonchev–Trinajstić information content (AvgIpc) is 2.31. The number of Topliss-reactive ketones (excluding diaryl/α,β-unsaturated/α-hetero) is 1. The van der Waals surface area contributed by atoms with Crippen molar-refractivity contribution in [2.45, 2.75) is 32.3 Å². The first-order chi connectivity index (χ1) is 9.02. The van der Waals surface area contributed by atoms with E-state index in [0.717, 1.165) is 19.3 Å². The summed E-state index contributed by atoms with van der Waals surface area (Å²) in [7, 11) is 1.22. The summed E-state index contributed by atoms with van der Waals surface area (Å²) in [6, 6.07) is 2.81. The molecule has 1 saturated carbocycles. The fourth-order valence-electron chi connectivity index (χ4n) is 1.99. The average molecular weight is 264 g/mol. The second-order valence-electron chi connectivity index (χ2n) is 4.58. The SMILES string of the molecule is COC(=O)c1cc(OC2CCC2)cc(O)c1C(C)=O. The Kier molecular flexibility index (Phi) is 3.74. The summed E-state index contributed by atoms with van der Waals surface area (Å²) < 4.78 is 10.2. The van der Waals surface area contributed by atoms with Crippen molar-refractivity contribution in [1.82, 2.24) is 0 Å². The molecule has 5 heteroatoms. The summed E-state index contributed by atoms with van der Waals surface area (Å²) in [5.41, 5.74) is -0.00265. The predicted molar refractivity (Wildman–Crippen MR) is 67.7 cm³/mol. The molecule has 0 radical (unpaired) electrons. The maximum absolute atomic E-state index is 11.7. The van der Waals surface area contributed by atoms with Crippen molar-refractivity contribution in [2.24, 2.45) is 0 Å². The van der Waals surface area contributed by atoms with Crippen LogP contribution in [-0.2, 0) is 4.74 Å². The number of hydrogen-bond acceptors (Lipinski definition) is 5. The van der Waals surface area contributed by atoms with Gasteiger partial charge in [0.25, 0.3) is 0 Å². The van der Waals surface area contributed by atoms with Crippen LogP contribution in [0.4, 0.5) is 0 Å². The molecule has 0 spiro atoms. The minimum Gasteiger partial charge on any atom is -0.507 e. The van der Waals surface area contributed by atoms with Gasteiger partial charge in [-0.05, 0) is 32.3 Å². The largest absolute Gasteiger partial charge is 0.507 e. The van der Waals surface area contributed by atoms with Gasteiger partial charge in [-0.25, -0.2) is 4.79 Å². The Morgan fingerprint density at radius 3 is 2.47 bits per heavy atom. The molecule has 2 rings (SSSR count). The van der Waals surface area contributed by atoms with Crippen molar-refractivity contribution >= 4 is 11.8 Å². The molecule has 5 nitrogen and oxygen atoms in total. The highest BCUT2D eigenvalue weighted by Gasteiger charge is 2.24. The smallest absolute Gasteiger partial charge is 0.338 e. The molecule has 0 unspecified atom stereocenters. The number of rotatable bonds is 4. The van der Waals surface area contributed by atoms with Crippen LogP contribution in [0.2, 0.25) is 0 Å². The van der Waals surface area contributed by atoms with Gasteiger partial charge < -0.3 is 14.6 Å². The van der Waals surface area contributed by atoms with E-state index in [0.29, 0.717) is 5.75 Å². The van der Waals surface area contributed by atoms with Gasteiger partial charge in [0.1, 0.15) is 11.5 Å². The van der Waals surface area contributed by atoms with Crippen LogP contribution in [0, 0.1) is 0 Å². The number of aromatic hydroxyl groups is 1. The Balaban J connectivity index is 2.40. The Hall–Kier alpha value is -2.04. The number of hydrogen-bond donors (Lipinski definition) is 1. The molecular weight excluding hydrogens is 248 g/mol. The highest BCUT2D eigenvalue weighted by molar-refractivity contribution is 6.07. The molecular formula is C14H16O5. The van der Waals surface area contributed by atoms with E-state index in [4.69, 9.17) is 4.74 Å². The zero-order valence-corrected chi connectivity index (χ0v) is 10.9. The molecule has 0 amide bonds. The van der Waals surface area contributed by atoms with Crippen molar-refractivity contribution in [1.29, 1.82) is 0 Å². The van der Waals surface area contributed by atoms with Crippen LogP contribution in [0.3, 0.4) is 0 Å². The quantitative estimate of drug-likeness (QED) is 0.667. The van der Waals surface area contributed by atoms with Gasteiger partial charge in [0.15, 0.2) is 5.78 Å². The van der Waals surface area contributed by atoms with Crippen molar-refractivity contribution in [3.05, 3.63) is 23.3 Å². The topological polar surface area (TPSA) is 72.8 Å². The highest BCUT2D eigenvalue weighted by atomic mass is 16.5. The maximum Gasteiger partial charge on any atom is 0.338 e. The number of phenols is 1. The lowest BCUT2D eigenvalue weighted by atomic mass is 9.96. The standard InChI is InChI=1S/C14H16O5/c1-8(15)13-11(14(17)18-2)6-10(7-12(13)16)19-9-4-3-5-9/h6-7,9,16H,3-5H2,1-2H3. The summed E-state index contributed by atoms with van der Waals surface area (Å²) in [5.74, 6) is -0.940. The summed E-state index contributed by atoms with van der Waals surface area (Å²) in [6.07, 6.45) is 3.16. The van der Waals surface area contributed by atoms with Gasteiger partial charge in [0.05, 0.1) is 24.3 Å². The third-order valence-electron chi connectivity index (χ3n) is 3.20. The van der Waals surface area contributed by atoms with E-state index >= 15 is 0 Å². The molecule has 1 N–H and O–H groups in total. The second kappa shape index (κ2) is 5.30. The van der Waals surface area contributed by atoms with Gasteiger partial charge in [-0.3, -0.25) is 4.79 Å². The number of benzene rings is 1. The molecule has 0 aliphatic heterocycles. The van der Waals surface area contributed by atoms with Crippen LogP contribution in [0.15, 0.2) is 12.1 Å². The second-order valence-corrected chi connectivity index (χ2v) is 4.58. The first-order valence-corrected chi connectivity index (χ1v) is 6.16. The lowest BCUT2D eigenvalue weighted by Crippen LogP contribution is -2.24. The predicted octanol–water partition coefficient (Wildman–Crippen LogP) is 2.31. The molecule has 102 valence electrons. The summed E-state index contributed by atoms with van der Waals surface area (Å²) in [5, 5.41) is 9.88. The maximum atomic E-state index is 11.7. The molecule has 0 saturated heterocycles. The summed E-state index contributed by atoms with van der Waals surface area (Å²) in [6.45, 7) is 1.29. The number of ether oxygens (including phenoxy) is 2. The van der Waals surface area contributed by atoms with Crippen LogP contribution in [0.5, 0.6) is 11.5 Å². The number of carbonyl (C=O) groups is 2. The summed E-state index contributed by atoms with van der Waals surface area (Å²) >= 11 is 0. The van der Waals surface area contributed by atoms with Crippen LogP contribution in [0.1, 0.15) is 46.9 Å². The minimum absolute atomic E-state index is 0.0318. The zero-order chi connectivity index (χ0) is 14.0. The van der Waals surface area contributed by atoms with Crippen LogP contribution >= 0.6 is 0 Å². The van der Waals surface area contributed by atoms with Gasteiger partial charge >= 0.3 is 5.97 Å². The van der Waals surface area contributed by atoms with E-state index in [9.17, 15) is 14.7 Å². The minimum atomic E-state index is -0.667. The molecule has 1 aromatic carbocycles. The first-order valence-electron chi connectivity index (χ1n) is 6.16. The molecule has 0 aromatic heterocycles. The molecule has 1 fully saturated rings. The Morgan fingerprint density at radius 2 is 2.00 bits per heavy atom. The van der Waals surface area contributed by atoms with Crippen LogP contribution < -0.4 is 4.74 Å². The molecule has 1 aromatic rings. The number of esters is 1. The van der Waals surface area contributed by atoms with Gasteiger partial charge in [-0.15, -0.1) is 0 Å². The number of methoxy groups -OCH3 is 1. The normalized spacial score (nSPS) is 14.6. The van der Waals surface area contributed by atoms with Gasteiger partial charge in [-0.2, -0.15) is 0 Å². The van der Waals surface area contributed by atoms with Gasteiger partial charge in [-0.1, -0.05) is 0 Å². The Bertz CT molecular complexity index is 517. The fraction of sp³-hybridized carbons (Fsp3) is 0.429. The molecule has 0 heterocycles. The van der Waals surface area contributed by atoms with E-state index in [1.165, 1.54) is 26.2 Å². The van der Waals surface area contributed by atoms with E-state index in [-0.39, 0.29) is 23.0 Å². The third-order valence-corrected chi connectivity index (χ3v) is 3.20. The molecule has 1 aliphatic rings. The van der Waals surface area contributed by atoms with E-state index < -0.39 is 11.8 Å². The van der Waals surface area contributed by atoms with Crippen molar-refractivity contribution in [3.8, 4) is 11.5 Å². The third kappa shape index (κ3) is 2.70. The monoisotopic (exact) mass is 264 g/mol. The number of phenolic OH excluding ortho intramolecular Hbond substituents is 1. The van der Waals surface area contributed by atoms with Crippen LogP contribution in [-0.4, -0.2) is 30.1 Å². The molecule has 19 heavy (non-hydrogen) atoms. The van der Waals surface area contributed by atoms with E-state index in [1.807, 2.05) is 0 Å². The van der Waals surface area contributed by atoms with Gasteiger partial charge in [0, 0.05) is 6.07 Å². The Labute approximate surface area is 111 Å². The first kappa shape index (κ1) is 13.4. The van der Waals surface area contributed by atoms with Crippen LogP contribution in [0.25, 0.3) is 0 Å². The number of ketones is 1. The van der Waals surface area contributed by atoms with Crippen molar-refractivity contribution in [3.63, 3.8) is 0 Å². The molecule has 1 aliphatic carbocycles. The fourth-order valence-corrected chi connectivity index (χ4v) is 1.99. The van der Waals surface area contributed by atoms with Crippen molar-refractivity contribution in [2.75, 3.05) is 7.11 Å². The lowest BCUT2D eigenvalue weighted by Gasteiger charge is -2.26. The lowest BCUT2D eigenvalue weighted by molar-refractivity contribution is 0.0594. The molecule has 0 bridgehead atoms.